The summed E-state index contributed by atoms with van der Waals surface area (Å²) in [5, 5.41) is 0. The highest BCUT2D eigenvalue weighted by Gasteiger charge is 1.97. The highest BCUT2D eigenvalue weighted by Crippen LogP contribution is 2.11. The molecule has 0 bridgehead atoms. The maximum atomic E-state index is 12.9. The van der Waals surface area contributed by atoms with E-state index in [1.807, 2.05) is 30.3 Å². The van der Waals surface area contributed by atoms with Crippen LogP contribution < -0.4 is 5.73 Å². The van der Waals surface area contributed by atoms with E-state index in [1.54, 1.807) is 12.1 Å². The van der Waals surface area contributed by atoms with Crippen LogP contribution in [0.4, 0.5) is 10.1 Å². The van der Waals surface area contributed by atoms with E-state index in [2.05, 4.69) is 0 Å². The molecule has 0 aliphatic rings. The summed E-state index contributed by atoms with van der Waals surface area (Å²) < 4.78 is 12.9. The zero-order chi connectivity index (χ0) is 12.1. The molecule has 2 aromatic rings. The molecular formula is C15H16FN. The van der Waals surface area contributed by atoms with Crippen molar-refractivity contribution in [2.24, 2.45) is 0 Å². The maximum absolute atomic E-state index is 12.9. The molecule has 0 radical (unpaired) electrons. The van der Waals surface area contributed by atoms with Gasteiger partial charge in [-0.2, -0.15) is 0 Å². The van der Waals surface area contributed by atoms with Crippen molar-refractivity contribution >= 4 is 5.69 Å². The van der Waals surface area contributed by atoms with Crippen molar-refractivity contribution in [1.29, 1.82) is 0 Å². The van der Waals surface area contributed by atoms with Crippen LogP contribution in [0.25, 0.3) is 0 Å². The Morgan fingerprint density at radius 3 is 2.29 bits per heavy atom. The fraction of sp³-hybridized carbons (Fsp3) is 0.200. The van der Waals surface area contributed by atoms with Gasteiger partial charge < -0.3 is 5.73 Å². The lowest BCUT2D eigenvalue weighted by molar-refractivity contribution is 0.624. The third-order valence-corrected chi connectivity index (χ3v) is 2.80. The van der Waals surface area contributed by atoms with Crippen LogP contribution in [-0.2, 0) is 12.8 Å². The standard InChI is InChI=1S/C15H16FN/c16-14-6-2-5-13(11-14)4-1-3-12-7-9-15(17)10-8-12/h2,5-11H,1,3-4,17H2. The fourth-order valence-electron chi connectivity index (χ4n) is 1.87. The Kier molecular flexibility index (Phi) is 3.76. The van der Waals surface area contributed by atoms with Gasteiger partial charge in [0.1, 0.15) is 5.82 Å². The smallest absolute Gasteiger partial charge is 0.123 e. The van der Waals surface area contributed by atoms with Crippen LogP contribution in [0.3, 0.4) is 0 Å². The van der Waals surface area contributed by atoms with Gasteiger partial charge in [0.05, 0.1) is 0 Å². The van der Waals surface area contributed by atoms with E-state index in [4.69, 9.17) is 5.73 Å². The van der Waals surface area contributed by atoms with Crippen molar-refractivity contribution in [3.8, 4) is 0 Å². The number of hydrogen-bond donors (Lipinski definition) is 1. The summed E-state index contributed by atoms with van der Waals surface area (Å²) in [6.07, 6.45) is 2.92. The van der Waals surface area contributed by atoms with E-state index in [9.17, 15) is 4.39 Å². The molecule has 0 fully saturated rings. The fourth-order valence-corrected chi connectivity index (χ4v) is 1.87. The summed E-state index contributed by atoms with van der Waals surface area (Å²) in [6, 6.07) is 14.7. The first-order valence-electron chi connectivity index (χ1n) is 5.83. The van der Waals surface area contributed by atoms with Crippen molar-refractivity contribution in [3.05, 3.63) is 65.5 Å². The molecule has 0 aliphatic carbocycles. The molecule has 88 valence electrons. The Bertz CT molecular complexity index is 477. The second-order valence-electron chi connectivity index (χ2n) is 4.23. The van der Waals surface area contributed by atoms with Gasteiger partial charge in [0.25, 0.3) is 0 Å². The predicted octanol–water partition coefficient (Wildman–Crippen LogP) is 3.58. The first-order chi connectivity index (χ1) is 8.24. The number of nitrogen functional groups attached to an aromatic ring is 1. The maximum Gasteiger partial charge on any atom is 0.123 e. The van der Waals surface area contributed by atoms with E-state index in [0.717, 1.165) is 30.5 Å². The minimum atomic E-state index is -0.157. The summed E-state index contributed by atoms with van der Waals surface area (Å²) in [6.45, 7) is 0. The summed E-state index contributed by atoms with van der Waals surface area (Å²) in [7, 11) is 0. The molecule has 0 spiro atoms. The Morgan fingerprint density at radius 2 is 1.59 bits per heavy atom. The zero-order valence-electron chi connectivity index (χ0n) is 9.70. The summed E-state index contributed by atoms with van der Waals surface area (Å²) >= 11 is 0. The molecule has 0 amide bonds. The second-order valence-corrected chi connectivity index (χ2v) is 4.23. The summed E-state index contributed by atoms with van der Waals surface area (Å²) in [4.78, 5) is 0. The van der Waals surface area contributed by atoms with E-state index < -0.39 is 0 Å². The number of halogens is 1. The zero-order valence-corrected chi connectivity index (χ0v) is 9.70. The molecule has 0 heterocycles. The first kappa shape index (κ1) is 11.6. The van der Waals surface area contributed by atoms with Crippen LogP contribution in [0, 0.1) is 5.82 Å². The van der Waals surface area contributed by atoms with E-state index in [1.165, 1.54) is 11.6 Å². The normalized spacial score (nSPS) is 10.4. The predicted molar refractivity (Wildman–Crippen MR) is 69.3 cm³/mol. The average molecular weight is 229 g/mol. The van der Waals surface area contributed by atoms with Crippen LogP contribution in [0.5, 0.6) is 0 Å². The van der Waals surface area contributed by atoms with E-state index in [0.29, 0.717) is 0 Å². The SMILES string of the molecule is Nc1ccc(CCCc2cccc(F)c2)cc1. The number of benzene rings is 2. The molecule has 2 N–H and O–H groups in total. The largest absolute Gasteiger partial charge is 0.399 e. The molecule has 0 saturated carbocycles. The van der Waals surface area contributed by atoms with Gasteiger partial charge in [-0.15, -0.1) is 0 Å². The Morgan fingerprint density at radius 1 is 0.882 bits per heavy atom. The van der Waals surface area contributed by atoms with Crippen LogP contribution in [0.1, 0.15) is 17.5 Å². The number of anilines is 1. The lowest BCUT2D eigenvalue weighted by atomic mass is 10.0. The first-order valence-corrected chi connectivity index (χ1v) is 5.83. The van der Waals surface area contributed by atoms with Crippen LogP contribution in [-0.4, -0.2) is 0 Å². The lowest BCUT2D eigenvalue weighted by Gasteiger charge is -2.03. The molecule has 2 heteroatoms. The van der Waals surface area contributed by atoms with Crippen molar-refractivity contribution in [1.82, 2.24) is 0 Å². The molecule has 0 unspecified atom stereocenters. The average Bonchev–Trinajstić information content (AvgIpc) is 2.32. The van der Waals surface area contributed by atoms with E-state index >= 15 is 0 Å². The van der Waals surface area contributed by atoms with Gasteiger partial charge in [-0.05, 0) is 54.7 Å². The van der Waals surface area contributed by atoms with E-state index in [-0.39, 0.29) is 5.82 Å². The molecular weight excluding hydrogens is 213 g/mol. The van der Waals surface area contributed by atoms with Crippen molar-refractivity contribution in [2.75, 3.05) is 5.73 Å². The summed E-state index contributed by atoms with van der Waals surface area (Å²) in [5.41, 5.74) is 8.74. The van der Waals surface area contributed by atoms with Gasteiger partial charge in [0.2, 0.25) is 0 Å². The molecule has 0 atom stereocenters. The monoisotopic (exact) mass is 229 g/mol. The van der Waals surface area contributed by atoms with Gasteiger partial charge >= 0.3 is 0 Å². The van der Waals surface area contributed by atoms with Crippen LogP contribution in [0.2, 0.25) is 0 Å². The molecule has 1 nitrogen and oxygen atoms in total. The third-order valence-electron chi connectivity index (χ3n) is 2.80. The Hall–Kier alpha value is -1.83. The van der Waals surface area contributed by atoms with Gasteiger partial charge in [0.15, 0.2) is 0 Å². The molecule has 0 aromatic heterocycles. The molecule has 2 rings (SSSR count). The highest BCUT2D eigenvalue weighted by molar-refractivity contribution is 5.39. The highest BCUT2D eigenvalue weighted by atomic mass is 19.1. The molecule has 17 heavy (non-hydrogen) atoms. The van der Waals surface area contributed by atoms with Gasteiger partial charge in [-0.3, -0.25) is 0 Å². The summed E-state index contributed by atoms with van der Waals surface area (Å²) in [5.74, 6) is -0.157. The van der Waals surface area contributed by atoms with Crippen molar-refractivity contribution in [3.63, 3.8) is 0 Å². The van der Waals surface area contributed by atoms with Gasteiger partial charge in [-0.1, -0.05) is 24.3 Å². The quantitative estimate of drug-likeness (QED) is 0.797. The number of rotatable bonds is 4. The number of hydrogen-bond acceptors (Lipinski definition) is 1. The number of nitrogens with two attached hydrogens (primary N) is 1. The number of aryl methyl sites for hydroxylation is 2. The topological polar surface area (TPSA) is 26.0 Å². The molecule has 2 aromatic carbocycles. The van der Waals surface area contributed by atoms with Crippen molar-refractivity contribution in [2.45, 2.75) is 19.3 Å². The lowest BCUT2D eigenvalue weighted by Crippen LogP contribution is -1.91. The minimum absolute atomic E-state index is 0.157. The Labute approximate surface area is 101 Å². The van der Waals surface area contributed by atoms with Crippen LogP contribution >= 0.6 is 0 Å². The van der Waals surface area contributed by atoms with Gasteiger partial charge in [0, 0.05) is 5.69 Å². The van der Waals surface area contributed by atoms with Crippen LogP contribution in [0.15, 0.2) is 48.5 Å². The van der Waals surface area contributed by atoms with Crippen molar-refractivity contribution < 1.29 is 4.39 Å². The second kappa shape index (κ2) is 5.48. The molecule has 0 aliphatic heterocycles. The Balaban J connectivity index is 1.85. The third kappa shape index (κ3) is 3.59. The van der Waals surface area contributed by atoms with Gasteiger partial charge in [-0.25, -0.2) is 4.39 Å². The minimum Gasteiger partial charge on any atom is -0.399 e. The molecule has 0 saturated heterocycles.